The van der Waals surface area contributed by atoms with E-state index < -0.39 is 35.5 Å². The van der Waals surface area contributed by atoms with E-state index in [9.17, 15) is 30.0 Å². The number of carboxylic acid groups (broad SMARTS) is 2. The van der Waals surface area contributed by atoms with Gasteiger partial charge in [-0.15, -0.1) is 0 Å². The molecule has 9 nitrogen and oxygen atoms in total. The van der Waals surface area contributed by atoms with Crippen LogP contribution in [0.15, 0.2) is 60.2 Å². The van der Waals surface area contributed by atoms with Crippen LogP contribution in [0.3, 0.4) is 0 Å². The van der Waals surface area contributed by atoms with E-state index in [0.29, 0.717) is 23.6 Å². The Balaban J connectivity index is 0.000000237. The lowest BCUT2D eigenvalue weighted by atomic mass is 9.67. The summed E-state index contributed by atoms with van der Waals surface area (Å²) in [6.45, 7) is 1.47. The quantitative estimate of drug-likeness (QED) is 0.450. The number of allylic oxidation sites excluding steroid dienone is 2. The Bertz CT molecular complexity index is 1090. The predicted molar refractivity (Wildman–Crippen MR) is 129 cm³/mol. The molecule has 4 N–H and O–H groups in total. The monoisotopic (exact) mass is 503 g/mol. The van der Waals surface area contributed by atoms with Crippen molar-refractivity contribution in [1.29, 1.82) is 0 Å². The SMILES string of the molecule is CC1(CO)C(C(=O)O)=CC(Cc2ccc(Cl)cc2)=CC1C(=O)O.OC1(Cn2cncn2)CCCC1. The lowest BCUT2D eigenvalue weighted by Gasteiger charge is -2.36. The van der Waals surface area contributed by atoms with Crippen molar-refractivity contribution in [1.82, 2.24) is 14.8 Å². The van der Waals surface area contributed by atoms with E-state index in [1.165, 1.54) is 25.4 Å². The van der Waals surface area contributed by atoms with Gasteiger partial charge in [0.1, 0.15) is 12.7 Å². The van der Waals surface area contributed by atoms with Crippen LogP contribution >= 0.6 is 11.6 Å². The third-order valence-corrected chi connectivity index (χ3v) is 6.87. The minimum atomic E-state index is -1.36. The zero-order chi connectivity index (χ0) is 25.6. The van der Waals surface area contributed by atoms with Crippen molar-refractivity contribution in [3.05, 3.63) is 70.8 Å². The van der Waals surface area contributed by atoms with E-state index in [1.807, 2.05) is 0 Å². The van der Waals surface area contributed by atoms with Crippen molar-refractivity contribution in [3.63, 3.8) is 0 Å². The zero-order valence-corrected chi connectivity index (χ0v) is 20.2. The van der Waals surface area contributed by atoms with Gasteiger partial charge in [0, 0.05) is 16.0 Å². The zero-order valence-electron chi connectivity index (χ0n) is 19.5. The van der Waals surface area contributed by atoms with Crippen LogP contribution in [0.2, 0.25) is 5.02 Å². The van der Waals surface area contributed by atoms with E-state index in [2.05, 4.69) is 10.1 Å². The molecule has 2 aliphatic carbocycles. The molecular formula is C25H30ClN3O6. The summed E-state index contributed by atoms with van der Waals surface area (Å²) in [6.07, 6.45) is 10.6. The second kappa shape index (κ2) is 11.2. The highest BCUT2D eigenvalue weighted by Crippen LogP contribution is 2.41. The number of hydrogen-bond donors (Lipinski definition) is 4. The van der Waals surface area contributed by atoms with E-state index in [1.54, 1.807) is 35.3 Å². The minimum Gasteiger partial charge on any atom is -0.481 e. The maximum absolute atomic E-state index is 11.5. The van der Waals surface area contributed by atoms with E-state index in [-0.39, 0.29) is 5.57 Å². The number of aromatic nitrogens is 3. The first kappa shape index (κ1) is 26.6. The van der Waals surface area contributed by atoms with Crippen LogP contribution < -0.4 is 0 Å². The molecule has 2 unspecified atom stereocenters. The molecule has 0 amide bonds. The molecule has 1 aromatic heterocycles. The van der Waals surface area contributed by atoms with Gasteiger partial charge in [-0.25, -0.2) is 9.78 Å². The second-order valence-electron chi connectivity index (χ2n) is 9.32. The average molecular weight is 504 g/mol. The summed E-state index contributed by atoms with van der Waals surface area (Å²) in [7, 11) is 0. The Kier molecular flexibility index (Phi) is 8.47. The predicted octanol–water partition coefficient (Wildman–Crippen LogP) is 3.12. The summed E-state index contributed by atoms with van der Waals surface area (Å²) in [4.78, 5) is 26.9. The molecule has 4 rings (SSSR count). The molecule has 0 spiro atoms. The number of carboxylic acids is 2. The fourth-order valence-corrected chi connectivity index (χ4v) is 4.68. The largest absolute Gasteiger partial charge is 0.481 e. The van der Waals surface area contributed by atoms with E-state index >= 15 is 0 Å². The summed E-state index contributed by atoms with van der Waals surface area (Å²) < 4.78 is 1.70. The smallest absolute Gasteiger partial charge is 0.332 e. The number of aliphatic carboxylic acids is 2. The number of nitrogens with zero attached hydrogens (tertiary/aromatic N) is 3. The highest BCUT2D eigenvalue weighted by Gasteiger charge is 2.45. The van der Waals surface area contributed by atoms with Gasteiger partial charge in [-0.1, -0.05) is 49.6 Å². The molecule has 0 saturated heterocycles. The number of carbonyl (C=O) groups is 2. The van der Waals surface area contributed by atoms with Crippen LogP contribution in [-0.2, 0) is 22.6 Å². The molecule has 1 fully saturated rings. The molecule has 2 aliphatic rings. The van der Waals surface area contributed by atoms with Crippen molar-refractivity contribution < 1.29 is 30.0 Å². The highest BCUT2D eigenvalue weighted by atomic mass is 35.5. The van der Waals surface area contributed by atoms with Crippen LogP contribution in [0.5, 0.6) is 0 Å². The van der Waals surface area contributed by atoms with Crippen molar-refractivity contribution in [2.75, 3.05) is 6.61 Å². The van der Waals surface area contributed by atoms with Gasteiger partial charge in [0.15, 0.2) is 0 Å². The van der Waals surface area contributed by atoms with Crippen LogP contribution in [-0.4, -0.2) is 59.3 Å². The molecule has 0 radical (unpaired) electrons. The van der Waals surface area contributed by atoms with E-state index in [0.717, 1.165) is 31.2 Å². The Morgan fingerprint density at radius 1 is 1.17 bits per heavy atom. The summed E-state index contributed by atoms with van der Waals surface area (Å²) in [6, 6.07) is 7.03. The molecule has 35 heavy (non-hydrogen) atoms. The number of aliphatic hydroxyl groups excluding tert-OH is 1. The minimum absolute atomic E-state index is 0.0983. The van der Waals surface area contributed by atoms with Gasteiger partial charge >= 0.3 is 11.9 Å². The first-order chi connectivity index (χ1) is 16.6. The molecule has 1 saturated carbocycles. The standard InChI is InChI=1S/C17H17ClO5.C8H13N3O/c1-17(9-19)13(15(20)21)7-11(8-14(17)16(22)23)6-10-2-4-12(18)5-3-10;12-8(3-1-2-4-8)5-11-7-9-6-10-11/h2-5,7-8,13,19H,6,9H2,1H3,(H,20,21)(H,22,23);6-7,12H,1-5H2. The fraction of sp³-hybridized carbons (Fsp3) is 0.440. The Labute approximate surface area is 208 Å². The van der Waals surface area contributed by atoms with Crippen molar-refractivity contribution >= 4 is 23.5 Å². The van der Waals surface area contributed by atoms with Gasteiger partial charge in [-0.05, 0) is 48.6 Å². The molecule has 0 aliphatic heterocycles. The molecular weight excluding hydrogens is 474 g/mol. The fourth-order valence-electron chi connectivity index (χ4n) is 4.55. The van der Waals surface area contributed by atoms with Crippen LogP contribution in [0.4, 0.5) is 0 Å². The summed E-state index contributed by atoms with van der Waals surface area (Å²) in [5.41, 5.74) is -0.505. The van der Waals surface area contributed by atoms with Crippen LogP contribution in [0, 0.1) is 11.3 Å². The molecule has 188 valence electrons. The first-order valence-electron chi connectivity index (χ1n) is 11.4. The number of benzene rings is 1. The molecule has 1 aromatic carbocycles. The van der Waals surface area contributed by atoms with Gasteiger partial charge in [-0.2, -0.15) is 5.10 Å². The topological polar surface area (TPSA) is 146 Å². The third kappa shape index (κ3) is 6.56. The normalized spacial score (nSPS) is 23.0. The van der Waals surface area contributed by atoms with Crippen molar-refractivity contribution in [3.8, 4) is 0 Å². The highest BCUT2D eigenvalue weighted by molar-refractivity contribution is 6.30. The number of hydrogen-bond acceptors (Lipinski definition) is 6. The third-order valence-electron chi connectivity index (χ3n) is 6.62. The molecule has 10 heteroatoms. The lowest BCUT2D eigenvalue weighted by Crippen LogP contribution is -2.41. The molecule has 0 bridgehead atoms. The molecule has 2 aromatic rings. The molecule has 1 heterocycles. The van der Waals surface area contributed by atoms with Crippen molar-refractivity contribution in [2.24, 2.45) is 11.3 Å². The Hall–Kier alpha value is -3.01. The number of aliphatic hydroxyl groups is 2. The maximum atomic E-state index is 11.5. The van der Waals surface area contributed by atoms with Gasteiger partial charge in [0.05, 0.1) is 24.7 Å². The summed E-state index contributed by atoms with van der Waals surface area (Å²) in [5.74, 6) is -3.50. The van der Waals surface area contributed by atoms with E-state index in [4.69, 9.17) is 11.6 Å². The summed E-state index contributed by atoms with van der Waals surface area (Å²) >= 11 is 5.83. The average Bonchev–Trinajstić information content (AvgIpc) is 3.48. The number of rotatable bonds is 7. The van der Waals surface area contributed by atoms with Gasteiger partial charge in [-0.3, -0.25) is 9.48 Å². The summed E-state index contributed by atoms with van der Waals surface area (Å²) in [5, 5.41) is 43.0. The first-order valence-corrected chi connectivity index (χ1v) is 11.7. The van der Waals surface area contributed by atoms with Gasteiger partial charge in [0.2, 0.25) is 0 Å². The van der Waals surface area contributed by atoms with Crippen LogP contribution in [0.1, 0.15) is 38.2 Å². The maximum Gasteiger partial charge on any atom is 0.332 e. The lowest BCUT2D eigenvalue weighted by molar-refractivity contribution is -0.145. The number of halogens is 1. The second-order valence-corrected chi connectivity index (χ2v) is 9.76. The van der Waals surface area contributed by atoms with Gasteiger partial charge in [0.25, 0.3) is 0 Å². The Morgan fingerprint density at radius 2 is 1.83 bits per heavy atom. The Morgan fingerprint density at radius 3 is 2.34 bits per heavy atom. The van der Waals surface area contributed by atoms with Gasteiger partial charge < -0.3 is 20.4 Å². The van der Waals surface area contributed by atoms with Crippen molar-refractivity contribution in [2.45, 2.75) is 51.2 Å². The molecule has 2 atom stereocenters. The van der Waals surface area contributed by atoms with Crippen LogP contribution in [0.25, 0.3) is 0 Å².